The Morgan fingerprint density at radius 1 is 1.38 bits per heavy atom. The lowest BCUT2D eigenvalue weighted by Gasteiger charge is -2.35. The van der Waals surface area contributed by atoms with Crippen LogP contribution in [0, 0.1) is 17.1 Å². The predicted octanol–water partition coefficient (Wildman–Crippen LogP) is 1.50. The molecule has 1 aromatic rings. The minimum Gasteiger partial charge on any atom is -0.497 e. The molecule has 0 bridgehead atoms. The lowest BCUT2D eigenvalue weighted by molar-refractivity contribution is 0.0611. The van der Waals surface area contributed by atoms with Crippen molar-refractivity contribution in [2.45, 2.75) is 13.0 Å². The Labute approximate surface area is 123 Å². The average molecular weight is 291 g/mol. The molecule has 112 valence electrons. The summed E-state index contributed by atoms with van der Waals surface area (Å²) in [5, 5.41) is 8.89. The predicted molar refractivity (Wildman–Crippen MR) is 75.5 cm³/mol. The molecule has 1 aromatic carbocycles. The number of nitrogens with zero attached hydrogens (tertiary/aromatic N) is 3. The summed E-state index contributed by atoms with van der Waals surface area (Å²) in [6.07, 6.45) is 0. The van der Waals surface area contributed by atoms with Crippen LogP contribution in [0.4, 0.5) is 4.39 Å². The van der Waals surface area contributed by atoms with Gasteiger partial charge in [0.1, 0.15) is 11.6 Å². The monoisotopic (exact) mass is 291 g/mol. The fourth-order valence-corrected chi connectivity index (χ4v) is 2.36. The van der Waals surface area contributed by atoms with E-state index in [2.05, 4.69) is 6.07 Å². The molecule has 1 atom stereocenters. The number of carbonyl (C=O) groups excluding carboxylic acids is 1. The largest absolute Gasteiger partial charge is 0.497 e. The highest BCUT2D eigenvalue weighted by atomic mass is 19.1. The van der Waals surface area contributed by atoms with E-state index in [-0.39, 0.29) is 17.5 Å². The number of methoxy groups -OCH3 is 1. The Hall–Kier alpha value is -2.13. The minimum absolute atomic E-state index is 0.0533. The van der Waals surface area contributed by atoms with Gasteiger partial charge in [-0.2, -0.15) is 5.26 Å². The van der Waals surface area contributed by atoms with Gasteiger partial charge in [-0.15, -0.1) is 0 Å². The van der Waals surface area contributed by atoms with E-state index in [9.17, 15) is 9.18 Å². The number of ether oxygens (including phenoxy) is 1. The first-order valence-corrected chi connectivity index (χ1v) is 6.83. The molecule has 6 heteroatoms. The van der Waals surface area contributed by atoms with Crippen molar-refractivity contribution in [3.05, 3.63) is 29.6 Å². The number of halogens is 1. The molecule has 1 unspecified atom stereocenters. The van der Waals surface area contributed by atoms with Crippen molar-refractivity contribution in [2.75, 3.05) is 33.3 Å². The van der Waals surface area contributed by atoms with Crippen LogP contribution in [0.25, 0.3) is 0 Å². The molecule has 1 aliphatic rings. The van der Waals surface area contributed by atoms with Crippen LogP contribution in [0.3, 0.4) is 0 Å². The summed E-state index contributed by atoms with van der Waals surface area (Å²) < 4.78 is 18.8. The first kappa shape index (κ1) is 15.3. The highest BCUT2D eigenvalue weighted by molar-refractivity contribution is 5.94. The van der Waals surface area contributed by atoms with Crippen molar-refractivity contribution in [3.8, 4) is 11.8 Å². The van der Waals surface area contributed by atoms with Gasteiger partial charge in [-0.1, -0.05) is 0 Å². The van der Waals surface area contributed by atoms with E-state index in [1.807, 2.05) is 11.8 Å². The zero-order valence-electron chi connectivity index (χ0n) is 12.2. The average Bonchev–Trinajstić information content (AvgIpc) is 2.53. The molecular weight excluding hydrogens is 273 g/mol. The van der Waals surface area contributed by atoms with E-state index in [0.717, 1.165) is 0 Å². The molecule has 0 spiro atoms. The van der Waals surface area contributed by atoms with Crippen molar-refractivity contribution in [1.29, 1.82) is 5.26 Å². The highest BCUT2D eigenvalue weighted by Crippen LogP contribution is 2.18. The second-order valence-corrected chi connectivity index (χ2v) is 4.98. The Morgan fingerprint density at radius 2 is 2.05 bits per heavy atom. The molecular formula is C15H18FN3O2. The zero-order valence-corrected chi connectivity index (χ0v) is 12.2. The Kier molecular flexibility index (Phi) is 4.76. The smallest absolute Gasteiger partial charge is 0.256 e. The van der Waals surface area contributed by atoms with Gasteiger partial charge in [0.05, 0.1) is 24.8 Å². The first-order chi connectivity index (χ1) is 10.1. The second kappa shape index (κ2) is 6.55. The van der Waals surface area contributed by atoms with Gasteiger partial charge in [0.25, 0.3) is 5.91 Å². The third kappa shape index (κ3) is 3.31. The number of benzene rings is 1. The lowest BCUT2D eigenvalue weighted by Crippen LogP contribution is -2.51. The van der Waals surface area contributed by atoms with E-state index >= 15 is 0 Å². The van der Waals surface area contributed by atoms with Crippen LogP contribution < -0.4 is 4.74 Å². The molecule has 0 aliphatic carbocycles. The normalized spacial score (nSPS) is 17.1. The summed E-state index contributed by atoms with van der Waals surface area (Å²) in [6, 6.07) is 6.24. The van der Waals surface area contributed by atoms with Gasteiger partial charge < -0.3 is 9.64 Å². The maximum atomic E-state index is 13.9. The highest BCUT2D eigenvalue weighted by Gasteiger charge is 2.26. The first-order valence-electron chi connectivity index (χ1n) is 6.83. The summed E-state index contributed by atoms with van der Waals surface area (Å²) in [7, 11) is 1.45. The van der Waals surface area contributed by atoms with Gasteiger partial charge in [-0.3, -0.25) is 9.69 Å². The second-order valence-electron chi connectivity index (χ2n) is 4.98. The van der Waals surface area contributed by atoms with Gasteiger partial charge in [-0.25, -0.2) is 4.39 Å². The zero-order chi connectivity index (χ0) is 15.4. The SMILES string of the molecule is COc1ccc(C(=O)N2CCN(C(C)C#N)CC2)c(F)c1. The molecule has 5 nitrogen and oxygen atoms in total. The topological polar surface area (TPSA) is 56.6 Å². The third-order valence-corrected chi connectivity index (χ3v) is 3.74. The molecule has 21 heavy (non-hydrogen) atoms. The third-order valence-electron chi connectivity index (χ3n) is 3.74. The maximum Gasteiger partial charge on any atom is 0.256 e. The molecule has 0 saturated carbocycles. The van der Waals surface area contributed by atoms with E-state index in [1.165, 1.54) is 19.2 Å². The molecule has 0 radical (unpaired) electrons. The van der Waals surface area contributed by atoms with E-state index in [0.29, 0.717) is 31.9 Å². The molecule has 1 saturated heterocycles. The quantitative estimate of drug-likeness (QED) is 0.847. The van der Waals surface area contributed by atoms with Crippen LogP contribution in [-0.2, 0) is 0 Å². The fourth-order valence-electron chi connectivity index (χ4n) is 2.36. The van der Waals surface area contributed by atoms with Gasteiger partial charge in [-0.05, 0) is 19.1 Å². The van der Waals surface area contributed by atoms with Crippen LogP contribution in [0.5, 0.6) is 5.75 Å². The van der Waals surface area contributed by atoms with Crippen LogP contribution >= 0.6 is 0 Å². The number of piperazine rings is 1. The molecule has 1 aliphatic heterocycles. The number of hydrogen-bond donors (Lipinski definition) is 0. The standard InChI is InChI=1S/C15H18FN3O2/c1-11(10-17)18-5-7-19(8-6-18)15(20)13-4-3-12(21-2)9-14(13)16/h3-4,9,11H,5-8H2,1-2H3. The van der Waals surface area contributed by atoms with Crippen LogP contribution in [0.15, 0.2) is 18.2 Å². The summed E-state index contributed by atoms with van der Waals surface area (Å²) in [5.74, 6) is -0.511. The minimum atomic E-state index is -0.577. The summed E-state index contributed by atoms with van der Waals surface area (Å²) >= 11 is 0. The molecule has 2 rings (SSSR count). The number of hydrogen-bond acceptors (Lipinski definition) is 4. The van der Waals surface area contributed by atoms with Gasteiger partial charge in [0.2, 0.25) is 0 Å². The van der Waals surface area contributed by atoms with Gasteiger partial charge in [0, 0.05) is 32.2 Å². The van der Waals surface area contributed by atoms with E-state index < -0.39 is 5.82 Å². The fraction of sp³-hybridized carbons (Fsp3) is 0.467. The molecule has 0 aromatic heterocycles. The number of nitriles is 1. The van der Waals surface area contributed by atoms with Crippen LogP contribution in [0.1, 0.15) is 17.3 Å². The number of carbonyl (C=O) groups is 1. The van der Waals surface area contributed by atoms with Gasteiger partial charge >= 0.3 is 0 Å². The summed E-state index contributed by atoms with van der Waals surface area (Å²) in [4.78, 5) is 16.0. The van der Waals surface area contributed by atoms with E-state index in [4.69, 9.17) is 10.00 Å². The molecule has 0 N–H and O–H groups in total. The lowest BCUT2D eigenvalue weighted by atomic mass is 10.1. The maximum absolute atomic E-state index is 13.9. The van der Waals surface area contributed by atoms with Crippen molar-refractivity contribution >= 4 is 5.91 Å². The molecule has 1 fully saturated rings. The van der Waals surface area contributed by atoms with Gasteiger partial charge in [0.15, 0.2) is 0 Å². The van der Waals surface area contributed by atoms with Crippen molar-refractivity contribution in [2.24, 2.45) is 0 Å². The van der Waals surface area contributed by atoms with Crippen molar-refractivity contribution < 1.29 is 13.9 Å². The van der Waals surface area contributed by atoms with Crippen molar-refractivity contribution in [3.63, 3.8) is 0 Å². The summed E-state index contributed by atoms with van der Waals surface area (Å²) in [6.45, 7) is 4.07. The van der Waals surface area contributed by atoms with E-state index in [1.54, 1.807) is 11.0 Å². The molecule has 1 amide bonds. The van der Waals surface area contributed by atoms with Crippen molar-refractivity contribution in [1.82, 2.24) is 9.80 Å². The summed E-state index contributed by atoms with van der Waals surface area (Å²) in [5.41, 5.74) is 0.0533. The Bertz CT molecular complexity index is 563. The number of rotatable bonds is 3. The Balaban J connectivity index is 2.04. The van der Waals surface area contributed by atoms with Crippen LogP contribution in [-0.4, -0.2) is 55.0 Å². The molecule has 1 heterocycles. The number of amides is 1. The van der Waals surface area contributed by atoms with Crippen LogP contribution in [0.2, 0.25) is 0 Å². The Morgan fingerprint density at radius 3 is 2.57 bits per heavy atom.